The number of rotatable bonds is 10. The van der Waals surface area contributed by atoms with Crippen LogP contribution in [0.2, 0.25) is 0 Å². The first kappa shape index (κ1) is 24.6. The summed E-state index contributed by atoms with van der Waals surface area (Å²) in [5, 5.41) is 7.03. The first-order valence-electron chi connectivity index (χ1n) is 10.6. The molecule has 3 aromatic rings. The minimum absolute atomic E-state index is 0.162. The van der Waals surface area contributed by atoms with Gasteiger partial charge in [0.15, 0.2) is 0 Å². The zero-order chi connectivity index (χ0) is 23.8. The van der Waals surface area contributed by atoms with Gasteiger partial charge < -0.3 is 14.4 Å². The number of nitrogens with one attached hydrogen (secondary N) is 1. The molecule has 0 aliphatic heterocycles. The van der Waals surface area contributed by atoms with Crippen LogP contribution in [0.4, 0.5) is 10.1 Å². The van der Waals surface area contributed by atoms with Crippen molar-refractivity contribution in [2.75, 3.05) is 18.5 Å². The quantitative estimate of drug-likeness (QED) is 0.306. The molecule has 2 aromatic carbocycles. The molecular weight excluding hydrogens is 444 g/mol. The van der Waals surface area contributed by atoms with Gasteiger partial charge in [0.25, 0.3) is 0 Å². The van der Waals surface area contributed by atoms with Crippen molar-refractivity contribution < 1.29 is 22.8 Å². The fourth-order valence-corrected chi connectivity index (χ4v) is 4.98. The number of amides is 1. The third-order valence-electron chi connectivity index (χ3n) is 4.78. The Morgan fingerprint density at radius 2 is 1.73 bits per heavy atom. The van der Waals surface area contributed by atoms with Crippen molar-refractivity contribution in [2.24, 2.45) is 7.05 Å². The van der Waals surface area contributed by atoms with E-state index in [0.717, 1.165) is 22.4 Å². The number of hydrogen-bond donors (Lipinski definition) is 1. The second-order valence-electron chi connectivity index (χ2n) is 7.20. The average molecular weight is 471 g/mol. The molecule has 0 aliphatic rings. The zero-order valence-electron chi connectivity index (χ0n) is 18.8. The van der Waals surface area contributed by atoms with Crippen molar-refractivity contribution in [3.05, 3.63) is 77.9 Å². The van der Waals surface area contributed by atoms with Gasteiger partial charge in [-0.2, -0.15) is 5.10 Å². The lowest BCUT2D eigenvalue weighted by Crippen LogP contribution is -2.08. The smallest absolute Gasteiger partial charge is 0.323 e. The van der Waals surface area contributed by atoms with Crippen molar-refractivity contribution in [2.45, 2.75) is 20.0 Å². The number of carbonyl (C=O) groups is 1. The number of nitrogens with zero attached hydrogens (tertiary/aromatic N) is 2. The van der Waals surface area contributed by atoms with E-state index in [1.165, 1.54) is 18.2 Å². The molecule has 0 bridgehead atoms. The molecule has 3 rings (SSSR count). The molecule has 1 amide bonds. The Hall–Kier alpha value is -3.06. The molecule has 0 saturated carbocycles. The van der Waals surface area contributed by atoms with E-state index in [-0.39, 0.29) is 17.9 Å². The van der Waals surface area contributed by atoms with Crippen LogP contribution in [0.15, 0.2) is 60.8 Å². The molecule has 9 heteroatoms. The number of halogens is 1. The van der Waals surface area contributed by atoms with Gasteiger partial charge in [0, 0.05) is 24.4 Å². The van der Waals surface area contributed by atoms with E-state index in [1.54, 1.807) is 74.2 Å². The van der Waals surface area contributed by atoms with Crippen LogP contribution in [-0.2, 0) is 31.6 Å². The Labute approximate surface area is 192 Å². The summed E-state index contributed by atoms with van der Waals surface area (Å²) < 4.78 is 38.2. The largest absolute Gasteiger partial charge is 0.335 e. The van der Waals surface area contributed by atoms with Gasteiger partial charge in [-0.1, -0.05) is 24.3 Å². The molecule has 174 valence electrons. The molecular formula is C24H27FN3O4P. The second kappa shape index (κ2) is 11.2. The second-order valence-corrected chi connectivity index (χ2v) is 9.25. The highest BCUT2D eigenvalue weighted by Gasteiger charge is 2.23. The minimum atomic E-state index is -3.19. The van der Waals surface area contributed by atoms with Crippen LogP contribution in [0.5, 0.6) is 0 Å². The summed E-state index contributed by atoms with van der Waals surface area (Å²) in [6.07, 6.45) is 4.91. The molecule has 0 fully saturated rings. The first-order valence-corrected chi connectivity index (χ1v) is 12.3. The Balaban J connectivity index is 1.66. The summed E-state index contributed by atoms with van der Waals surface area (Å²) in [5.74, 6) is -0.632. The van der Waals surface area contributed by atoms with Crippen LogP contribution in [0.25, 0.3) is 17.2 Å². The molecule has 33 heavy (non-hydrogen) atoms. The lowest BCUT2D eigenvalue weighted by atomic mass is 10.1. The van der Waals surface area contributed by atoms with E-state index >= 15 is 0 Å². The van der Waals surface area contributed by atoms with Crippen LogP contribution >= 0.6 is 7.60 Å². The molecule has 0 aliphatic carbocycles. The highest BCUT2D eigenvalue weighted by molar-refractivity contribution is 7.53. The minimum Gasteiger partial charge on any atom is -0.323 e. The van der Waals surface area contributed by atoms with E-state index in [1.807, 2.05) is 0 Å². The average Bonchev–Trinajstić information content (AvgIpc) is 3.15. The monoisotopic (exact) mass is 471 g/mol. The van der Waals surface area contributed by atoms with Gasteiger partial charge in [-0.25, -0.2) is 4.39 Å². The Bertz CT molecular complexity index is 1150. The summed E-state index contributed by atoms with van der Waals surface area (Å²) >= 11 is 0. The van der Waals surface area contributed by atoms with Crippen LogP contribution in [-0.4, -0.2) is 28.9 Å². The van der Waals surface area contributed by atoms with E-state index < -0.39 is 7.60 Å². The van der Waals surface area contributed by atoms with Crippen LogP contribution in [0, 0.1) is 5.82 Å². The molecule has 1 aromatic heterocycles. The van der Waals surface area contributed by atoms with E-state index in [9.17, 15) is 13.8 Å². The highest BCUT2D eigenvalue weighted by atomic mass is 31.2. The van der Waals surface area contributed by atoms with E-state index in [2.05, 4.69) is 10.4 Å². The third-order valence-corrected chi connectivity index (χ3v) is 6.84. The fraction of sp³-hybridized carbons (Fsp3) is 0.250. The highest BCUT2D eigenvalue weighted by Crippen LogP contribution is 2.51. The lowest BCUT2D eigenvalue weighted by molar-refractivity contribution is -0.111. The summed E-state index contributed by atoms with van der Waals surface area (Å²) in [6, 6.07) is 13.1. The number of aromatic nitrogens is 2. The molecule has 0 unspecified atom stereocenters. The maximum absolute atomic E-state index is 13.2. The summed E-state index contributed by atoms with van der Waals surface area (Å²) in [5.41, 5.74) is 3.69. The van der Waals surface area contributed by atoms with Crippen LogP contribution in [0.1, 0.15) is 25.1 Å². The molecule has 0 radical (unpaired) electrons. The Kier molecular flexibility index (Phi) is 8.33. The predicted molar refractivity (Wildman–Crippen MR) is 127 cm³/mol. The Morgan fingerprint density at radius 1 is 1.09 bits per heavy atom. The van der Waals surface area contributed by atoms with Crippen molar-refractivity contribution in [3.8, 4) is 11.1 Å². The predicted octanol–water partition coefficient (Wildman–Crippen LogP) is 5.64. The van der Waals surface area contributed by atoms with Crippen LogP contribution < -0.4 is 5.32 Å². The number of anilines is 1. The SMILES string of the molecule is CCOP(=O)(Cc1ccc(NC(=O)C=Cc2c(-c3ccc(F)cc3)cnn2C)cc1)OCC. The number of aryl methyl sites for hydroxylation is 1. The third kappa shape index (κ3) is 6.71. The van der Waals surface area contributed by atoms with Crippen LogP contribution in [0.3, 0.4) is 0 Å². The van der Waals surface area contributed by atoms with Crippen molar-refractivity contribution in [3.63, 3.8) is 0 Å². The van der Waals surface area contributed by atoms with Gasteiger partial charge in [-0.05, 0) is 55.3 Å². The van der Waals surface area contributed by atoms with Gasteiger partial charge in [0.2, 0.25) is 5.91 Å². The molecule has 0 atom stereocenters. The maximum atomic E-state index is 13.2. The van der Waals surface area contributed by atoms with Gasteiger partial charge in [0.1, 0.15) is 5.82 Å². The van der Waals surface area contributed by atoms with Gasteiger partial charge in [-0.15, -0.1) is 0 Å². The normalized spacial score (nSPS) is 11.8. The zero-order valence-corrected chi connectivity index (χ0v) is 19.7. The van der Waals surface area contributed by atoms with Gasteiger partial charge >= 0.3 is 7.60 Å². The summed E-state index contributed by atoms with van der Waals surface area (Å²) in [4.78, 5) is 12.4. The van der Waals surface area contributed by atoms with Crippen molar-refractivity contribution in [1.29, 1.82) is 0 Å². The maximum Gasteiger partial charge on any atom is 0.335 e. The van der Waals surface area contributed by atoms with Gasteiger partial charge in [-0.3, -0.25) is 14.0 Å². The Morgan fingerprint density at radius 3 is 2.33 bits per heavy atom. The summed E-state index contributed by atoms with van der Waals surface area (Å²) in [6.45, 7) is 4.15. The lowest BCUT2D eigenvalue weighted by Gasteiger charge is -2.17. The molecule has 1 N–H and O–H groups in total. The van der Waals surface area contributed by atoms with Gasteiger partial charge in [0.05, 0.1) is 31.3 Å². The van der Waals surface area contributed by atoms with Crippen molar-refractivity contribution >= 4 is 25.3 Å². The molecule has 7 nitrogen and oxygen atoms in total. The van der Waals surface area contributed by atoms with E-state index in [4.69, 9.17) is 9.05 Å². The molecule has 0 spiro atoms. The summed E-state index contributed by atoms with van der Waals surface area (Å²) in [7, 11) is -1.42. The number of hydrogen-bond acceptors (Lipinski definition) is 5. The number of carbonyl (C=O) groups excluding carboxylic acids is 1. The molecule has 1 heterocycles. The first-order chi connectivity index (χ1) is 15.8. The standard InChI is InChI=1S/C24H27FN3O4P/c1-4-31-33(30,32-5-2)17-18-6-12-21(13-7-18)27-24(29)15-14-23-22(16-26-28(23)3)19-8-10-20(25)11-9-19/h6-16H,4-5,17H2,1-3H3,(H,27,29). The molecule has 0 saturated heterocycles. The fourth-order valence-electron chi connectivity index (χ4n) is 3.27. The number of benzene rings is 2. The van der Waals surface area contributed by atoms with Crippen molar-refractivity contribution in [1.82, 2.24) is 9.78 Å². The van der Waals surface area contributed by atoms with E-state index in [0.29, 0.717) is 18.9 Å². The topological polar surface area (TPSA) is 82.5 Å².